The number of fused-ring (bicyclic) bond motifs is 1. The fourth-order valence-corrected chi connectivity index (χ4v) is 2.32. The average Bonchev–Trinajstić information content (AvgIpc) is 2.69. The van der Waals surface area contributed by atoms with E-state index in [9.17, 15) is 31.1 Å². The highest BCUT2D eigenvalue weighted by molar-refractivity contribution is 5.81. The molecule has 182 valence electrons. The number of rotatable bonds is 2. The van der Waals surface area contributed by atoms with E-state index in [1.807, 2.05) is 23.1 Å². The molecular formula is C18H18F6N4O5. The number of aliphatic carboxylic acids is 2. The van der Waals surface area contributed by atoms with Crippen molar-refractivity contribution in [3.8, 4) is 0 Å². The number of benzene rings is 1. The van der Waals surface area contributed by atoms with Gasteiger partial charge in [0.15, 0.2) is 0 Å². The molecule has 5 N–H and O–H groups in total. The van der Waals surface area contributed by atoms with Gasteiger partial charge in [0.05, 0.1) is 12.1 Å². The summed E-state index contributed by atoms with van der Waals surface area (Å²) in [7, 11) is 0. The number of hydrogen-bond donors (Lipinski definition) is 4. The highest BCUT2D eigenvalue weighted by Gasteiger charge is 2.38. The lowest BCUT2D eigenvalue weighted by atomic mass is 10.1. The number of carbonyl (C=O) groups excluding carboxylic acids is 1. The number of halogens is 6. The average molecular weight is 484 g/mol. The van der Waals surface area contributed by atoms with E-state index in [-0.39, 0.29) is 5.91 Å². The normalized spacial score (nSPS) is 14.0. The molecule has 1 aliphatic heterocycles. The maximum atomic E-state index is 11.7. The Morgan fingerprint density at radius 2 is 1.58 bits per heavy atom. The van der Waals surface area contributed by atoms with E-state index in [1.165, 1.54) is 0 Å². The number of nitrogens with two attached hydrogens (primary N) is 1. The smallest absolute Gasteiger partial charge is 0.475 e. The molecule has 0 unspecified atom stereocenters. The summed E-state index contributed by atoms with van der Waals surface area (Å²) in [6.07, 6.45) is -10.2. The van der Waals surface area contributed by atoms with Gasteiger partial charge in [-0.3, -0.25) is 4.79 Å². The summed E-state index contributed by atoms with van der Waals surface area (Å²) in [4.78, 5) is 35.7. The van der Waals surface area contributed by atoms with E-state index in [0.717, 1.165) is 29.6 Å². The van der Waals surface area contributed by atoms with Crippen LogP contribution in [0.15, 0.2) is 30.3 Å². The Balaban J connectivity index is 0.000000324. The Labute approximate surface area is 181 Å². The van der Waals surface area contributed by atoms with Gasteiger partial charge >= 0.3 is 24.3 Å². The number of amides is 1. The second-order valence-electron chi connectivity index (χ2n) is 6.36. The zero-order valence-electron chi connectivity index (χ0n) is 16.6. The van der Waals surface area contributed by atoms with Crippen molar-refractivity contribution in [2.24, 2.45) is 0 Å². The van der Waals surface area contributed by atoms with Gasteiger partial charge in [-0.15, -0.1) is 0 Å². The zero-order chi connectivity index (χ0) is 25.4. The first-order valence-corrected chi connectivity index (χ1v) is 8.85. The minimum absolute atomic E-state index is 0.154. The van der Waals surface area contributed by atoms with Crippen LogP contribution in [0.4, 0.5) is 32.2 Å². The number of anilines is 1. The van der Waals surface area contributed by atoms with Crippen molar-refractivity contribution in [2.45, 2.75) is 18.9 Å². The number of hydrogen-bond acceptors (Lipinski definition) is 6. The predicted molar refractivity (Wildman–Crippen MR) is 102 cm³/mol. The van der Waals surface area contributed by atoms with Crippen LogP contribution in [0.25, 0.3) is 10.9 Å². The number of nitrogens with one attached hydrogen (secondary N) is 1. The molecule has 1 aromatic heterocycles. The topological polar surface area (TPSA) is 146 Å². The van der Waals surface area contributed by atoms with Crippen LogP contribution < -0.4 is 11.1 Å². The van der Waals surface area contributed by atoms with Crippen molar-refractivity contribution < 1.29 is 50.9 Å². The number of aromatic nitrogens is 1. The Morgan fingerprint density at radius 3 is 2.06 bits per heavy atom. The van der Waals surface area contributed by atoms with Crippen molar-refractivity contribution in [1.82, 2.24) is 15.2 Å². The highest BCUT2D eigenvalue weighted by Crippen LogP contribution is 2.17. The summed E-state index contributed by atoms with van der Waals surface area (Å²) in [6.45, 7) is 2.71. The predicted octanol–water partition coefficient (Wildman–Crippen LogP) is 2.02. The van der Waals surface area contributed by atoms with E-state index in [1.54, 1.807) is 6.07 Å². The Hall–Kier alpha value is -3.62. The molecule has 2 heterocycles. The quantitative estimate of drug-likeness (QED) is 0.474. The molecule has 0 bridgehead atoms. The van der Waals surface area contributed by atoms with E-state index in [0.29, 0.717) is 18.9 Å². The van der Waals surface area contributed by atoms with Crippen molar-refractivity contribution in [1.29, 1.82) is 0 Å². The molecule has 15 heteroatoms. The molecule has 0 aliphatic carbocycles. The van der Waals surface area contributed by atoms with Gasteiger partial charge in [-0.1, -0.05) is 6.07 Å². The van der Waals surface area contributed by atoms with Crippen LogP contribution in [-0.4, -0.2) is 69.9 Å². The van der Waals surface area contributed by atoms with Crippen LogP contribution in [0.1, 0.15) is 5.56 Å². The van der Waals surface area contributed by atoms with Crippen LogP contribution in [0.3, 0.4) is 0 Å². The Kier molecular flexibility index (Phi) is 9.39. The number of carbonyl (C=O) groups is 3. The van der Waals surface area contributed by atoms with Crippen molar-refractivity contribution in [2.75, 3.05) is 25.4 Å². The molecule has 1 aliphatic rings. The number of nitrogen functional groups attached to an aromatic ring is 1. The second kappa shape index (κ2) is 11.3. The summed E-state index contributed by atoms with van der Waals surface area (Å²) in [6, 6.07) is 9.78. The molecule has 1 fully saturated rings. The molecule has 3 rings (SSSR count). The highest BCUT2D eigenvalue weighted by atomic mass is 19.4. The molecule has 33 heavy (non-hydrogen) atoms. The van der Waals surface area contributed by atoms with Gasteiger partial charge in [0.25, 0.3) is 0 Å². The number of piperazine rings is 1. The maximum Gasteiger partial charge on any atom is 0.490 e. The van der Waals surface area contributed by atoms with Crippen molar-refractivity contribution >= 4 is 34.6 Å². The number of alkyl halides is 6. The third-order valence-electron chi connectivity index (χ3n) is 3.82. The zero-order valence-corrected chi connectivity index (χ0v) is 16.6. The van der Waals surface area contributed by atoms with Crippen LogP contribution in [0.2, 0.25) is 0 Å². The molecule has 0 radical (unpaired) electrons. The van der Waals surface area contributed by atoms with Gasteiger partial charge in [-0.05, 0) is 29.8 Å². The van der Waals surface area contributed by atoms with Crippen LogP contribution in [0.5, 0.6) is 0 Å². The van der Waals surface area contributed by atoms with E-state index >= 15 is 0 Å². The van der Waals surface area contributed by atoms with Crippen molar-refractivity contribution in [3.05, 3.63) is 35.9 Å². The summed E-state index contributed by atoms with van der Waals surface area (Å²) >= 11 is 0. The largest absolute Gasteiger partial charge is 0.490 e. The third kappa shape index (κ3) is 9.59. The molecule has 1 amide bonds. The molecule has 0 spiro atoms. The molecule has 0 saturated carbocycles. The number of carboxylic acids is 2. The van der Waals surface area contributed by atoms with Crippen LogP contribution in [0, 0.1) is 0 Å². The molecular weight excluding hydrogens is 466 g/mol. The van der Waals surface area contributed by atoms with Gasteiger partial charge in [0.1, 0.15) is 5.82 Å². The minimum atomic E-state index is -5.08. The SMILES string of the molecule is Nc1ccc2cc(CN3CCNCC3=O)ccc2n1.O=C(O)C(F)(F)F.O=C(O)C(F)(F)F. The van der Waals surface area contributed by atoms with Crippen LogP contribution >= 0.6 is 0 Å². The number of nitrogens with zero attached hydrogens (tertiary/aromatic N) is 2. The van der Waals surface area contributed by atoms with Gasteiger partial charge in [-0.2, -0.15) is 26.3 Å². The summed E-state index contributed by atoms with van der Waals surface area (Å²) in [5.41, 5.74) is 7.66. The fourth-order valence-electron chi connectivity index (χ4n) is 2.32. The van der Waals surface area contributed by atoms with Gasteiger partial charge in [-0.25, -0.2) is 14.6 Å². The maximum absolute atomic E-state index is 11.7. The van der Waals surface area contributed by atoms with Gasteiger partial charge in [0.2, 0.25) is 5.91 Å². The lowest BCUT2D eigenvalue weighted by Gasteiger charge is -2.27. The van der Waals surface area contributed by atoms with Crippen LogP contribution in [-0.2, 0) is 20.9 Å². The number of carboxylic acid groups (broad SMARTS) is 2. The molecule has 9 nitrogen and oxygen atoms in total. The molecule has 0 atom stereocenters. The number of pyridine rings is 1. The third-order valence-corrected chi connectivity index (χ3v) is 3.82. The summed E-state index contributed by atoms with van der Waals surface area (Å²) < 4.78 is 63.5. The molecule has 1 saturated heterocycles. The summed E-state index contributed by atoms with van der Waals surface area (Å²) in [5.74, 6) is -4.83. The Morgan fingerprint density at radius 1 is 1.03 bits per heavy atom. The van der Waals surface area contributed by atoms with Gasteiger partial charge in [0, 0.05) is 25.0 Å². The van der Waals surface area contributed by atoms with E-state index in [2.05, 4.69) is 16.4 Å². The van der Waals surface area contributed by atoms with Gasteiger partial charge < -0.3 is 26.2 Å². The lowest BCUT2D eigenvalue weighted by Crippen LogP contribution is -2.47. The minimum Gasteiger partial charge on any atom is -0.475 e. The lowest BCUT2D eigenvalue weighted by molar-refractivity contribution is -0.193. The fraction of sp³-hybridized carbons (Fsp3) is 0.333. The van der Waals surface area contributed by atoms with Crippen molar-refractivity contribution in [3.63, 3.8) is 0 Å². The molecule has 1 aromatic carbocycles. The summed E-state index contributed by atoms with van der Waals surface area (Å²) in [5, 5.41) is 18.4. The second-order valence-corrected chi connectivity index (χ2v) is 6.36. The molecule has 2 aromatic rings. The first-order chi connectivity index (χ1) is 15.1. The first-order valence-electron chi connectivity index (χ1n) is 8.85. The first kappa shape index (κ1) is 27.4. The van der Waals surface area contributed by atoms with E-state index < -0.39 is 24.3 Å². The standard InChI is InChI=1S/C14H16N4O.2C2HF3O2/c15-13-4-2-11-7-10(1-3-12(11)17-13)9-18-6-5-16-8-14(18)19;2*3-2(4,5)1(6)7/h1-4,7,16H,5-6,8-9H2,(H2,15,17);2*(H,6,7). The Bertz CT molecular complexity index is 972. The van der Waals surface area contributed by atoms with E-state index in [4.69, 9.17) is 25.5 Å². The monoisotopic (exact) mass is 484 g/mol.